The molecule has 1 saturated heterocycles. The lowest BCUT2D eigenvalue weighted by Crippen LogP contribution is -2.19. The fourth-order valence-corrected chi connectivity index (χ4v) is 3.14. The Bertz CT molecular complexity index is 409. The van der Waals surface area contributed by atoms with E-state index in [4.69, 9.17) is 5.11 Å². The van der Waals surface area contributed by atoms with E-state index in [1.807, 2.05) is 13.8 Å². The lowest BCUT2D eigenvalue weighted by Gasteiger charge is -2.12. The molecule has 2 rings (SSSR count). The van der Waals surface area contributed by atoms with Crippen molar-refractivity contribution in [2.75, 3.05) is 13.1 Å². The number of thiazole rings is 1. The summed E-state index contributed by atoms with van der Waals surface area (Å²) in [6.45, 7) is 6.99. The number of hydrogen-bond donors (Lipinski definition) is 1. The van der Waals surface area contributed by atoms with E-state index in [9.17, 15) is 4.79 Å². The minimum absolute atomic E-state index is 0.255. The van der Waals surface area contributed by atoms with Gasteiger partial charge in [0.2, 0.25) is 0 Å². The zero-order valence-corrected chi connectivity index (χ0v) is 11.1. The second-order valence-electron chi connectivity index (χ2n) is 4.77. The molecular weight excluding hydrogens is 236 g/mol. The number of aromatic carboxylic acids is 1. The van der Waals surface area contributed by atoms with Crippen molar-refractivity contribution in [1.29, 1.82) is 0 Å². The van der Waals surface area contributed by atoms with E-state index in [-0.39, 0.29) is 5.69 Å². The highest BCUT2D eigenvalue weighted by Crippen LogP contribution is 2.27. The Labute approximate surface area is 105 Å². The number of nitrogens with zero attached hydrogens (tertiary/aromatic N) is 2. The molecule has 1 fully saturated rings. The highest BCUT2D eigenvalue weighted by atomic mass is 32.1. The topological polar surface area (TPSA) is 53.4 Å². The number of aromatic nitrogens is 1. The number of rotatable bonds is 4. The Morgan fingerprint density at radius 1 is 1.47 bits per heavy atom. The lowest BCUT2D eigenvalue weighted by atomic mass is 10.2. The molecule has 17 heavy (non-hydrogen) atoms. The van der Waals surface area contributed by atoms with E-state index >= 15 is 0 Å². The molecule has 0 saturated carbocycles. The van der Waals surface area contributed by atoms with Gasteiger partial charge in [-0.05, 0) is 25.9 Å². The second kappa shape index (κ2) is 5.14. The van der Waals surface area contributed by atoms with Crippen molar-refractivity contribution in [2.45, 2.75) is 39.2 Å². The van der Waals surface area contributed by atoms with Gasteiger partial charge in [-0.3, -0.25) is 4.90 Å². The minimum Gasteiger partial charge on any atom is -0.476 e. The molecule has 0 radical (unpaired) electrons. The summed E-state index contributed by atoms with van der Waals surface area (Å²) < 4.78 is 0. The van der Waals surface area contributed by atoms with E-state index in [1.165, 1.54) is 12.8 Å². The Balaban J connectivity index is 2.20. The maximum atomic E-state index is 11.2. The highest BCUT2D eigenvalue weighted by molar-refractivity contribution is 7.12. The Kier molecular flexibility index (Phi) is 3.79. The maximum Gasteiger partial charge on any atom is 0.355 e. The Hall–Kier alpha value is -0.940. The van der Waals surface area contributed by atoms with Crippen LogP contribution in [0.5, 0.6) is 0 Å². The molecule has 1 N–H and O–H groups in total. The average molecular weight is 254 g/mol. The van der Waals surface area contributed by atoms with E-state index in [2.05, 4.69) is 9.88 Å². The predicted octanol–water partition coefficient (Wildman–Crippen LogP) is 2.56. The van der Waals surface area contributed by atoms with Gasteiger partial charge in [0, 0.05) is 12.5 Å². The third-order valence-electron chi connectivity index (χ3n) is 2.98. The van der Waals surface area contributed by atoms with E-state index in [0.29, 0.717) is 5.92 Å². The van der Waals surface area contributed by atoms with Crippen LogP contribution in [-0.2, 0) is 6.54 Å². The van der Waals surface area contributed by atoms with Gasteiger partial charge < -0.3 is 5.11 Å². The van der Waals surface area contributed by atoms with Gasteiger partial charge in [-0.2, -0.15) is 0 Å². The van der Waals surface area contributed by atoms with Crippen molar-refractivity contribution in [3.05, 3.63) is 15.6 Å². The molecule has 94 valence electrons. The van der Waals surface area contributed by atoms with Crippen LogP contribution in [-0.4, -0.2) is 34.0 Å². The molecule has 1 aromatic rings. The van der Waals surface area contributed by atoms with Crippen LogP contribution in [0.3, 0.4) is 0 Å². The molecule has 1 aliphatic heterocycles. The molecule has 0 bridgehead atoms. The maximum absolute atomic E-state index is 11.2. The van der Waals surface area contributed by atoms with Crippen LogP contribution in [0.15, 0.2) is 0 Å². The molecule has 1 aromatic heterocycles. The summed E-state index contributed by atoms with van der Waals surface area (Å²) in [5.41, 5.74) is 0.255. The number of carboxylic acids is 1. The molecule has 0 atom stereocenters. The molecule has 5 heteroatoms. The molecule has 4 nitrogen and oxygen atoms in total. The molecule has 0 spiro atoms. The van der Waals surface area contributed by atoms with Gasteiger partial charge in [-0.25, -0.2) is 9.78 Å². The first-order valence-electron chi connectivity index (χ1n) is 6.03. The predicted molar refractivity (Wildman–Crippen MR) is 67.7 cm³/mol. The standard InChI is InChI=1S/C12H18N2O2S/c1-8(2)11-13-10(12(15)16)9(17-11)7-14-5-3-4-6-14/h8H,3-7H2,1-2H3,(H,15,16). The number of likely N-dealkylation sites (tertiary alicyclic amines) is 1. The van der Waals surface area contributed by atoms with Crippen LogP contribution < -0.4 is 0 Å². The summed E-state index contributed by atoms with van der Waals surface area (Å²) in [5.74, 6) is -0.604. The minimum atomic E-state index is -0.901. The van der Waals surface area contributed by atoms with Crippen molar-refractivity contribution in [1.82, 2.24) is 9.88 Å². The van der Waals surface area contributed by atoms with Gasteiger partial charge in [-0.15, -0.1) is 11.3 Å². The van der Waals surface area contributed by atoms with Gasteiger partial charge in [0.15, 0.2) is 5.69 Å². The van der Waals surface area contributed by atoms with Crippen molar-refractivity contribution in [3.63, 3.8) is 0 Å². The summed E-state index contributed by atoms with van der Waals surface area (Å²) in [5, 5.41) is 10.1. The third kappa shape index (κ3) is 2.84. The van der Waals surface area contributed by atoms with E-state index in [1.54, 1.807) is 11.3 Å². The first-order valence-corrected chi connectivity index (χ1v) is 6.85. The monoisotopic (exact) mass is 254 g/mol. The summed E-state index contributed by atoms with van der Waals surface area (Å²) >= 11 is 1.55. The molecule has 0 aliphatic carbocycles. The quantitative estimate of drug-likeness (QED) is 0.897. The second-order valence-corrected chi connectivity index (χ2v) is 5.88. The van der Waals surface area contributed by atoms with Gasteiger partial charge in [0.05, 0.1) is 9.88 Å². The molecule has 0 unspecified atom stereocenters. The summed E-state index contributed by atoms with van der Waals surface area (Å²) in [4.78, 5) is 18.6. The van der Waals surface area contributed by atoms with Gasteiger partial charge in [0.1, 0.15) is 0 Å². The largest absolute Gasteiger partial charge is 0.476 e. The highest BCUT2D eigenvalue weighted by Gasteiger charge is 2.21. The van der Waals surface area contributed by atoms with Gasteiger partial charge in [0.25, 0.3) is 0 Å². The molecule has 0 amide bonds. The molecule has 0 aromatic carbocycles. The smallest absolute Gasteiger partial charge is 0.355 e. The van der Waals surface area contributed by atoms with Gasteiger partial charge in [-0.1, -0.05) is 13.8 Å². The van der Waals surface area contributed by atoms with Crippen LogP contribution in [0.2, 0.25) is 0 Å². The van der Waals surface area contributed by atoms with Crippen molar-refractivity contribution < 1.29 is 9.90 Å². The normalized spacial score (nSPS) is 16.9. The van der Waals surface area contributed by atoms with E-state index in [0.717, 1.165) is 29.5 Å². The number of carbonyl (C=O) groups is 1. The molecular formula is C12H18N2O2S. The van der Waals surface area contributed by atoms with Gasteiger partial charge >= 0.3 is 5.97 Å². The number of hydrogen-bond acceptors (Lipinski definition) is 4. The third-order valence-corrected chi connectivity index (χ3v) is 4.32. The fraction of sp³-hybridized carbons (Fsp3) is 0.667. The summed E-state index contributed by atoms with van der Waals surface area (Å²) in [6, 6.07) is 0. The average Bonchev–Trinajstić information content (AvgIpc) is 2.87. The van der Waals surface area contributed by atoms with Crippen molar-refractivity contribution in [3.8, 4) is 0 Å². The van der Waals surface area contributed by atoms with Crippen molar-refractivity contribution in [2.24, 2.45) is 0 Å². The van der Waals surface area contributed by atoms with Crippen LogP contribution in [0.4, 0.5) is 0 Å². The Morgan fingerprint density at radius 3 is 2.65 bits per heavy atom. The van der Waals surface area contributed by atoms with Crippen LogP contribution in [0.25, 0.3) is 0 Å². The molecule has 2 heterocycles. The van der Waals surface area contributed by atoms with Crippen LogP contribution in [0, 0.1) is 0 Å². The van der Waals surface area contributed by atoms with Crippen molar-refractivity contribution >= 4 is 17.3 Å². The van der Waals surface area contributed by atoms with Crippen LogP contribution in [0.1, 0.15) is 53.0 Å². The first-order chi connectivity index (χ1) is 8.08. The zero-order chi connectivity index (χ0) is 12.4. The van der Waals surface area contributed by atoms with Crippen LogP contribution >= 0.6 is 11.3 Å². The zero-order valence-electron chi connectivity index (χ0n) is 10.3. The fourth-order valence-electron chi connectivity index (χ4n) is 2.03. The SMILES string of the molecule is CC(C)c1nc(C(=O)O)c(CN2CCCC2)s1. The Morgan fingerprint density at radius 2 is 2.12 bits per heavy atom. The molecule has 1 aliphatic rings. The summed E-state index contributed by atoms with van der Waals surface area (Å²) in [6.07, 6.45) is 2.44. The summed E-state index contributed by atoms with van der Waals surface area (Å²) in [7, 11) is 0. The first kappa shape index (κ1) is 12.5. The van der Waals surface area contributed by atoms with E-state index < -0.39 is 5.97 Å². The number of carboxylic acid groups (broad SMARTS) is 1. The lowest BCUT2D eigenvalue weighted by molar-refractivity contribution is 0.0689.